The largest absolute Gasteiger partial charge is 0.393 e. The monoisotopic (exact) mass is 400 g/mol. The van der Waals surface area contributed by atoms with Gasteiger partial charge in [0.2, 0.25) is 0 Å². The van der Waals surface area contributed by atoms with Gasteiger partial charge in [-0.05, 0) is 55.2 Å². The summed E-state index contributed by atoms with van der Waals surface area (Å²) in [5, 5.41) is 11.0. The fraction of sp³-hybridized carbons (Fsp3) is 0.448. The summed E-state index contributed by atoms with van der Waals surface area (Å²) in [5.41, 5.74) is 6.95. The Morgan fingerprint density at radius 2 is 1.70 bits per heavy atom. The van der Waals surface area contributed by atoms with Gasteiger partial charge in [0.25, 0.3) is 0 Å². The first-order valence-corrected chi connectivity index (χ1v) is 11.8. The molecule has 4 rings (SSSR count). The standard InChI is InChI=1S/C29H36O/c1-3-4-5-10-17-25-21-26-27(30)18-19-29(26,28(25)24-15-11-7-12-16-24)22(2)20-23-13-8-6-9-14-23/h6-9,11-16,26-27,30H,2-5,10,17-21H2,1H3/t26?,27-,29+/m1/s1. The molecule has 2 aliphatic carbocycles. The minimum atomic E-state index is -0.218. The highest BCUT2D eigenvalue weighted by molar-refractivity contribution is 5.79. The quantitative estimate of drug-likeness (QED) is 0.344. The van der Waals surface area contributed by atoms with Gasteiger partial charge in [0.05, 0.1) is 6.10 Å². The van der Waals surface area contributed by atoms with Crippen LogP contribution in [0.1, 0.15) is 69.4 Å². The molecule has 1 heteroatoms. The summed E-state index contributed by atoms with van der Waals surface area (Å²) in [6, 6.07) is 21.7. The molecule has 0 saturated heterocycles. The van der Waals surface area contributed by atoms with Crippen molar-refractivity contribution in [2.24, 2.45) is 11.3 Å². The summed E-state index contributed by atoms with van der Waals surface area (Å²) < 4.78 is 0. The number of unbranched alkanes of at least 4 members (excludes halogenated alkanes) is 3. The second kappa shape index (κ2) is 9.35. The van der Waals surface area contributed by atoms with E-state index >= 15 is 0 Å². The van der Waals surface area contributed by atoms with Crippen LogP contribution in [0.2, 0.25) is 0 Å². The first-order chi connectivity index (χ1) is 14.7. The van der Waals surface area contributed by atoms with Crippen molar-refractivity contribution in [3.05, 3.63) is 89.5 Å². The Balaban J connectivity index is 1.73. The van der Waals surface area contributed by atoms with Crippen LogP contribution in [-0.4, -0.2) is 11.2 Å². The molecule has 3 atom stereocenters. The van der Waals surface area contributed by atoms with Gasteiger partial charge >= 0.3 is 0 Å². The van der Waals surface area contributed by atoms with E-state index in [1.165, 1.54) is 48.0 Å². The number of rotatable bonds is 9. The first kappa shape index (κ1) is 21.1. The van der Waals surface area contributed by atoms with E-state index in [4.69, 9.17) is 0 Å². The highest BCUT2D eigenvalue weighted by atomic mass is 16.3. The Bertz CT molecular complexity index is 879. The lowest BCUT2D eigenvalue weighted by Crippen LogP contribution is -2.30. The predicted octanol–water partition coefficient (Wildman–Crippen LogP) is 7.37. The Morgan fingerprint density at radius 1 is 1.00 bits per heavy atom. The zero-order valence-electron chi connectivity index (χ0n) is 18.4. The highest BCUT2D eigenvalue weighted by Gasteiger charge is 2.56. The van der Waals surface area contributed by atoms with Crippen molar-refractivity contribution in [2.45, 2.75) is 70.8 Å². The number of aliphatic hydroxyl groups excluding tert-OH is 1. The van der Waals surface area contributed by atoms with E-state index in [9.17, 15) is 5.11 Å². The molecule has 0 bridgehead atoms. The van der Waals surface area contributed by atoms with Crippen molar-refractivity contribution in [3.8, 4) is 0 Å². The van der Waals surface area contributed by atoms with Crippen LogP contribution in [0.5, 0.6) is 0 Å². The zero-order valence-corrected chi connectivity index (χ0v) is 18.4. The number of hydrogen-bond acceptors (Lipinski definition) is 1. The molecule has 0 amide bonds. The molecule has 2 aromatic rings. The molecule has 1 nitrogen and oxygen atoms in total. The Kier molecular flexibility index (Phi) is 6.58. The molecule has 2 aliphatic rings. The molecule has 1 unspecified atom stereocenters. The van der Waals surface area contributed by atoms with Crippen LogP contribution in [0.15, 0.2) is 78.4 Å². The second-order valence-corrected chi connectivity index (χ2v) is 9.31. The van der Waals surface area contributed by atoms with E-state index in [2.05, 4.69) is 74.2 Å². The lowest BCUT2D eigenvalue weighted by Gasteiger charge is -2.37. The van der Waals surface area contributed by atoms with Gasteiger partial charge in [0.1, 0.15) is 0 Å². The SMILES string of the molecule is C=C(Cc1ccccc1)[C@@]12CC[C@@H](O)C1CC(CCCCCC)=C2c1ccccc1. The summed E-state index contributed by atoms with van der Waals surface area (Å²) in [5.74, 6) is 0.282. The van der Waals surface area contributed by atoms with Gasteiger partial charge in [0.15, 0.2) is 0 Å². The second-order valence-electron chi connectivity index (χ2n) is 9.31. The van der Waals surface area contributed by atoms with E-state index in [1.807, 2.05) is 0 Å². The Hall–Kier alpha value is -2.12. The Labute approximate surface area is 182 Å². The van der Waals surface area contributed by atoms with Crippen molar-refractivity contribution < 1.29 is 5.11 Å². The number of hydrogen-bond donors (Lipinski definition) is 1. The van der Waals surface area contributed by atoms with Gasteiger partial charge < -0.3 is 5.11 Å². The average Bonchev–Trinajstić information content (AvgIpc) is 3.28. The van der Waals surface area contributed by atoms with Crippen LogP contribution in [-0.2, 0) is 6.42 Å². The summed E-state index contributed by atoms with van der Waals surface area (Å²) in [6.07, 6.45) is 9.91. The summed E-state index contributed by atoms with van der Waals surface area (Å²) in [7, 11) is 0. The molecular weight excluding hydrogens is 364 g/mol. The van der Waals surface area contributed by atoms with Crippen molar-refractivity contribution in [1.82, 2.24) is 0 Å². The number of fused-ring (bicyclic) bond motifs is 1. The lowest BCUT2D eigenvalue weighted by molar-refractivity contribution is 0.115. The van der Waals surface area contributed by atoms with Crippen LogP contribution < -0.4 is 0 Å². The van der Waals surface area contributed by atoms with Crippen LogP contribution >= 0.6 is 0 Å². The van der Waals surface area contributed by atoms with Crippen LogP contribution in [0.3, 0.4) is 0 Å². The van der Waals surface area contributed by atoms with Gasteiger partial charge in [-0.2, -0.15) is 0 Å². The van der Waals surface area contributed by atoms with E-state index in [1.54, 1.807) is 5.57 Å². The third-order valence-corrected chi connectivity index (χ3v) is 7.48. The van der Waals surface area contributed by atoms with E-state index in [0.717, 1.165) is 32.1 Å². The van der Waals surface area contributed by atoms with Gasteiger partial charge in [-0.3, -0.25) is 0 Å². The molecule has 1 N–H and O–H groups in total. The molecule has 1 fully saturated rings. The van der Waals surface area contributed by atoms with Crippen molar-refractivity contribution in [1.29, 1.82) is 0 Å². The van der Waals surface area contributed by atoms with Crippen molar-refractivity contribution in [2.75, 3.05) is 0 Å². The molecule has 0 aliphatic heterocycles. The molecule has 158 valence electrons. The normalized spacial score (nSPS) is 25.5. The molecule has 1 saturated carbocycles. The molecule has 0 radical (unpaired) electrons. The highest BCUT2D eigenvalue weighted by Crippen LogP contribution is 2.64. The number of aliphatic hydroxyl groups is 1. The van der Waals surface area contributed by atoms with Gasteiger partial charge in [-0.15, -0.1) is 0 Å². The molecular formula is C29H36O. The summed E-state index contributed by atoms with van der Waals surface area (Å²) in [6.45, 7) is 6.95. The summed E-state index contributed by atoms with van der Waals surface area (Å²) >= 11 is 0. The number of benzene rings is 2. The molecule has 0 aromatic heterocycles. The smallest absolute Gasteiger partial charge is 0.0583 e. The molecule has 0 heterocycles. The van der Waals surface area contributed by atoms with Crippen LogP contribution in [0, 0.1) is 11.3 Å². The number of allylic oxidation sites excluding steroid dienone is 3. The maximum Gasteiger partial charge on any atom is 0.0583 e. The van der Waals surface area contributed by atoms with E-state index in [0.29, 0.717) is 0 Å². The minimum absolute atomic E-state index is 0.0866. The third kappa shape index (κ3) is 3.93. The third-order valence-electron chi connectivity index (χ3n) is 7.48. The molecule has 2 aromatic carbocycles. The van der Waals surface area contributed by atoms with Crippen LogP contribution in [0.25, 0.3) is 5.57 Å². The summed E-state index contributed by atoms with van der Waals surface area (Å²) in [4.78, 5) is 0. The fourth-order valence-corrected chi connectivity index (χ4v) is 6.07. The van der Waals surface area contributed by atoms with Crippen molar-refractivity contribution >= 4 is 5.57 Å². The average molecular weight is 401 g/mol. The van der Waals surface area contributed by atoms with E-state index < -0.39 is 0 Å². The van der Waals surface area contributed by atoms with E-state index in [-0.39, 0.29) is 17.4 Å². The minimum Gasteiger partial charge on any atom is -0.393 e. The van der Waals surface area contributed by atoms with Gasteiger partial charge in [-0.1, -0.05) is 105 Å². The molecule has 0 spiro atoms. The molecule has 30 heavy (non-hydrogen) atoms. The predicted molar refractivity (Wildman–Crippen MR) is 127 cm³/mol. The Morgan fingerprint density at radius 3 is 2.40 bits per heavy atom. The first-order valence-electron chi connectivity index (χ1n) is 11.8. The van der Waals surface area contributed by atoms with Gasteiger partial charge in [0, 0.05) is 11.3 Å². The van der Waals surface area contributed by atoms with Crippen molar-refractivity contribution in [3.63, 3.8) is 0 Å². The van der Waals surface area contributed by atoms with Crippen LogP contribution in [0.4, 0.5) is 0 Å². The topological polar surface area (TPSA) is 20.2 Å². The lowest BCUT2D eigenvalue weighted by atomic mass is 9.67. The van der Waals surface area contributed by atoms with Gasteiger partial charge in [-0.25, -0.2) is 0 Å². The maximum atomic E-state index is 11.0. The maximum absolute atomic E-state index is 11.0. The fourth-order valence-electron chi connectivity index (χ4n) is 6.07. The zero-order chi connectivity index (χ0) is 21.0.